The van der Waals surface area contributed by atoms with E-state index in [0.29, 0.717) is 18.9 Å². The zero-order valence-electron chi connectivity index (χ0n) is 11.5. The number of hydrogen-bond donors (Lipinski definition) is 0. The van der Waals surface area contributed by atoms with Gasteiger partial charge in [0.1, 0.15) is 16.2 Å². The molecular weight excluding hydrogens is 328 g/mol. The second kappa shape index (κ2) is 6.23. The number of aromatic nitrogens is 2. The zero-order chi connectivity index (χ0) is 14.7. The molecule has 0 amide bonds. The number of halogens is 1. The molecule has 1 saturated carbocycles. The molecule has 0 unspecified atom stereocenters. The van der Waals surface area contributed by atoms with Gasteiger partial charge in [-0.25, -0.2) is 9.97 Å². The Kier molecular flexibility index (Phi) is 4.16. The first-order valence-electron chi connectivity index (χ1n) is 7.02. The zero-order valence-corrected chi connectivity index (χ0v) is 13.1. The van der Waals surface area contributed by atoms with Crippen LogP contribution in [-0.2, 0) is 0 Å². The summed E-state index contributed by atoms with van der Waals surface area (Å²) in [7, 11) is 0. The Bertz CT molecular complexity index is 662. The summed E-state index contributed by atoms with van der Waals surface area (Å²) < 4.78 is 0.798. The van der Waals surface area contributed by atoms with Gasteiger partial charge in [0.25, 0.3) is 0 Å². The van der Waals surface area contributed by atoms with Crippen LogP contribution in [0.4, 0.5) is 11.5 Å². The summed E-state index contributed by atoms with van der Waals surface area (Å²) in [5, 5.41) is 8.90. The third-order valence-corrected chi connectivity index (χ3v) is 3.84. The van der Waals surface area contributed by atoms with Gasteiger partial charge in [-0.1, -0.05) is 18.2 Å². The van der Waals surface area contributed by atoms with Crippen LogP contribution in [0.5, 0.6) is 0 Å². The number of hydrogen-bond acceptors (Lipinski definition) is 4. The van der Waals surface area contributed by atoms with Crippen molar-refractivity contribution in [1.82, 2.24) is 9.97 Å². The lowest BCUT2D eigenvalue weighted by atomic mass is 10.2. The highest BCUT2D eigenvalue weighted by molar-refractivity contribution is 9.10. The Morgan fingerprint density at radius 2 is 2.00 bits per heavy atom. The molecule has 0 aliphatic heterocycles. The SMILES string of the molecule is N#CCCN(c1ccccc1)c1cc(Br)nc(C2CC2)n1. The molecule has 1 aromatic heterocycles. The standard InChI is InChI=1S/C16H15BrN4/c17-14-11-15(20-16(19-14)12-7-8-12)21(10-4-9-18)13-5-2-1-3-6-13/h1-3,5-6,11-12H,4,7-8,10H2. The highest BCUT2D eigenvalue weighted by Crippen LogP contribution is 2.39. The molecule has 0 N–H and O–H groups in total. The lowest BCUT2D eigenvalue weighted by molar-refractivity contribution is 0.868. The van der Waals surface area contributed by atoms with E-state index in [1.165, 1.54) is 12.8 Å². The van der Waals surface area contributed by atoms with E-state index in [-0.39, 0.29) is 0 Å². The lowest BCUT2D eigenvalue weighted by Crippen LogP contribution is -2.20. The van der Waals surface area contributed by atoms with Gasteiger partial charge in [0.15, 0.2) is 0 Å². The smallest absolute Gasteiger partial charge is 0.137 e. The molecule has 3 rings (SSSR count). The summed E-state index contributed by atoms with van der Waals surface area (Å²) in [5.41, 5.74) is 1.04. The highest BCUT2D eigenvalue weighted by atomic mass is 79.9. The van der Waals surface area contributed by atoms with Gasteiger partial charge in [-0.15, -0.1) is 0 Å². The second-order valence-corrected chi connectivity index (χ2v) is 5.89. The summed E-state index contributed by atoms with van der Waals surface area (Å²) in [6.07, 6.45) is 2.79. The van der Waals surface area contributed by atoms with Crippen LogP contribution in [0.3, 0.4) is 0 Å². The molecule has 1 aliphatic rings. The van der Waals surface area contributed by atoms with E-state index >= 15 is 0 Å². The van der Waals surface area contributed by atoms with Crippen LogP contribution in [0.1, 0.15) is 31.0 Å². The highest BCUT2D eigenvalue weighted by Gasteiger charge is 2.28. The fourth-order valence-electron chi connectivity index (χ4n) is 2.23. The van der Waals surface area contributed by atoms with Gasteiger partial charge < -0.3 is 4.90 Å². The molecule has 106 valence electrons. The molecule has 0 radical (unpaired) electrons. The summed E-state index contributed by atoms with van der Waals surface area (Å²) >= 11 is 3.48. The predicted molar refractivity (Wildman–Crippen MR) is 85.4 cm³/mol. The van der Waals surface area contributed by atoms with E-state index in [0.717, 1.165) is 21.9 Å². The molecule has 0 atom stereocenters. The average molecular weight is 343 g/mol. The molecule has 1 heterocycles. The third-order valence-electron chi connectivity index (χ3n) is 3.43. The van der Waals surface area contributed by atoms with Crippen molar-refractivity contribution in [3.63, 3.8) is 0 Å². The Morgan fingerprint density at radius 3 is 2.67 bits per heavy atom. The number of benzene rings is 1. The fourth-order valence-corrected chi connectivity index (χ4v) is 2.62. The predicted octanol–water partition coefficient (Wildman–Crippen LogP) is 4.17. The summed E-state index contributed by atoms with van der Waals surface area (Å²) in [4.78, 5) is 11.2. The molecule has 21 heavy (non-hydrogen) atoms. The van der Waals surface area contributed by atoms with E-state index in [1.807, 2.05) is 36.4 Å². The minimum absolute atomic E-state index is 0.454. The first kappa shape index (κ1) is 14.0. The normalized spacial score (nSPS) is 13.7. The van der Waals surface area contributed by atoms with Crippen molar-refractivity contribution < 1.29 is 0 Å². The Hall–Kier alpha value is -1.93. The van der Waals surface area contributed by atoms with Gasteiger partial charge >= 0.3 is 0 Å². The molecular formula is C16H15BrN4. The van der Waals surface area contributed by atoms with Crippen molar-refractivity contribution in [3.05, 3.63) is 46.8 Å². The first-order chi connectivity index (χ1) is 10.3. The fraction of sp³-hybridized carbons (Fsp3) is 0.312. The summed E-state index contributed by atoms with van der Waals surface area (Å²) in [5.74, 6) is 2.24. The molecule has 0 spiro atoms. The molecule has 5 heteroatoms. The minimum Gasteiger partial charge on any atom is -0.325 e. The lowest BCUT2D eigenvalue weighted by Gasteiger charge is -2.23. The van der Waals surface area contributed by atoms with E-state index in [2.05, 4.69) is 31.9 Å². The maximum atomic E-state index is 8.90. The summed E-state index contributed by atoms with van der Waals surface area (Å²) in [6.45, 7) is 0.619. The van der Waals surface area contributed by atoms with Crippen LogP contribution in [0.25, 0.3) is 0 Å². The van der Waals surface area contributed by atoms with Crippen molar-refractivity contribution in [2.45, 2.75) is 25.2 Å². The van der Waals surface area contributed by atoms with Crippen molar-refractivity contribution in [2.24, 2.45) is 0 Å². The van der Waals surface area contributed by atoms with Gasteiger partial charge in [0.2, 0.25) is 0 Å². The molecule has 2 aromatic rings. The first-order valence-corrected chi connectivity index (χ1v) is 7.81. The van der Waals surface area contributed by atoms with Gasteiger partial charge in [-0.3, -0.25) is 0 Å². The van der Waals surface area contributed by atoms with Crippen molar-refractivity contribution >= 4 is 27.4 Å². The van der Waals surface area contributed by atoms with E-state index in [4.69, 9.17) is 10.2 Å². The Labute approximate surface area is 132 Å². The second-order valence-electron chi connectivity index (χ2n) is 5.08. The molecule has 1 aromatic carbocycles. The van der Waals surface area contributed by atoms with Crippen LogP contribution in [0.15, 0.2) is 41.0 Å². The van der Waals surface area contributed by atoms with Gasteiger partial charge in [-0.2, -0.15) is 5.26 Å². The number of nitrogens with zero attached hydrogens (tertiary/aromatic N) is 4. The van der Waals surface area contributed by atoms with Crippen molar-refractivity contribution in [3.8, 4) is 6.07 Å². The van der Waals surface area contributed by atoms with Crippen molar-refractivity contribution in [2.75, 3.05) is 11.4 Å². The van der Waals surface area contributed by atoms with E-state index < -0.39 is 0 Å². The van der Waals surface area contributed by atoms with Crippen LogP contribution < -0.4 is 4.90 Å². The molecule has 4 nitrogen and oxygen atoms in total. The molecule has 1 aliphatic carbocycles. The maximum Gasteiger partial charge on any atom is 0.137 e. The molecule has 0 bridgehead atoms. The number of nitriles is 1. The van der Waals surface area contributed by atoms with Crippen LogP contribution >= 0.6 is 15.9 Å². The largest absolute Gasteiger partial charge is 0.325 e. The van der Waals surface area contributed by atoms with Crippen molar-refractivity contribution in [1.29, 1.82) is 5.26 Å². The quantitative estimate of drug-likeness (QED) is 0.765. The number of rotatable bonds is 5. The van der Waals surface area contributed by atoms with Gasteiger partial charge in [0, 0.05) is 24.2 Å². The van der Waals surface area contributed by atoms with Gasteiger partial charge in [0.05, 0.1) is 12.5 Å². The maximum absolute atomic E-state index is 8.90. The molecule has 1 fully saturated rings. The summed E-state index contributed by atoms with van der Waals surface area (Å²) in [6, 6.07) is 14.2. The number of para-hydroxylation sites is 1. The van der Waals surface area contributed by atoms with Crippen LogP contribution in [0, 0.1) is 11.3 Å². The average Bonchev–Trinajstić information content (AvgIpc) is 3.33. The Balaban J connectivity index is 1.97. The van der Waals surface area contributed by atoms with Gasteiger partial charge in [-0.05, 0) is 40.9 Å². The van der Waals surface area contributed by atoms with Crippen LogP contribution in [-0.4, -0.2) is 16.5 Å². The Morgan fingerprint density at radius 1 is 1.24 bits per heavy atom. The van der Waals surface area contributed by atoms with Crippen LogP contribution in [0.2, 0.25) is 0 Å². The monoisotopic (exact) mass is 342 g/mol. The minimum atomic E-state index is 0.454. The molecule has 0 saturated heterocycles. The van der Waals surface area contributed by atoms with E-state index in [9.17, 15) is 0 Å². The number of anilines is 2. The topological polar surface area (TPSA) is 52.8 Å². The third kappa shape index (κ3) is 3.40. The van der Waals surface area contributed by atoms with E-state index in [1.54, 1.807) is 0 Å².